The molecule has 1 aromatic rings. The summed E-state index contributed by atoms with van der Waals surface area (Å²) in [5.41, 5.74) is 6.77. The normalized spacial score (nSPS) is 19.6. The molecule has 0 atom stereocenters. The van der Waals surface area contributed by atoms with Crippen molar-refractivity contribution in [2.45, 2.75) is 44.6 Å². The third kappa shape index (κ3) is 3.50. The van der Waals surface area contributed by atoms with Crippen molar-refractivity contribution in [1.29, 1.82) is 0 Å². The molecule has 6 heteroatoms. The minimum absolute atomic E-state index is 0.270. The number of halogens is 1. The molecule has 2 rings (SSSR count). The summed E-state index contributed by atoms with van der Waals surface area (Å²) in [5, 5.41) is 0. The Morgan fingerprint density at radius 2 is 1.95 bits per heavy atom. The van der Waals surface area contributed by atoms with Crippen LogP contribution in [-0.4, -0.2) is 25.8 Å². The third-order valence-electron chi connectivity index (χ3n) is 4.63. The second-order valence-corrected chi connectivity index (χ2v) is 8.80. The second kappa shape index (κ2) is 6.36. The van der Waals surface area contributed by atoms with Crippen molar-refractivity contribution in [1.82, 2.24) is 4.31 Å². The quantitative estimate of drug-likeness (QED) is 0.880. The largest absolute Gasteiger partial charge is 0.326 e. The molecule has 1 saturated heterocycles. The summed E-state index contributed by atoms with van der Waals surface area (Å²) in [6.07, 6.45) is 2.93. The molecule has 0 unspecified atom stereocenters. The van der Waals surface area contributed by atoms with Crippen LogP contribution in [0.25, 0.3) is 0 Å². The number of piperidine rings is 1. The van der Waals surface area contributed by atoms with Gasteiger partial charge in [0.1, 0.15) is 0 Å². The Balaban J connectivity index is 2.23. The molecular formula is C15H23BrN2O2S. The monoisotopic (exact) mass is 374 g/mol. The molecule has 1 fully saturated rings. The van der Waals surface area contributed by atoms with Crippen molar-refractivity contribution in [3.05, 3.63) is 28.2 Å². The fourth-order valence-electron chi connectivity index (χ4n) is 2.64. The van der Waals surface area contributed by atoms with Crippen LogP contribution in [0.3, 0.4) is 0 Å². The van der Waals surface area contributed by atoms with Crippen LogP contribution in [0, 0.1) is 5.41 Å². The fraction of sp³-hybridized carbons (Fsp3) is 0.600. The first-order valence-electron chi connectivity index (χ1n) is 7.31. The predicted octanol–water partition coefficient (Wildman–Crippen LogP) is 3.11. The Hall–Kier alpha value is -0.430. The van der Waals surface area contributed by atoms with Gasteiger partial charge in [-0.05, 0) is 51.9 Å². The SMILES string of the molecule is CCC1(C)CCN(S(=O)(=O)c2ccc(CN)cc2Br)CC1. The molecule has 21 heavy (non-hydrogen) atoms. The number of nitrogens with two attached hydrogens (primary N) is 1. The van der Waals surface area contributed by atoms with Crippen LogP contribution in [0.5, 0.6) is 0 Å². The molecule has 0 amide bonds. The Morgan fingerprint density at radius 3 is 2.43 bits per heavy atom. The summed E-state index contributed by atoms with van der Waals surface area (Å²) < 4.78 is 27.7. The summed E-state index contributed by atoms with van der Waals surface area (Å²) in [4.78, 5) is 0.333. The lowest BCUT2D eigenvalue weighted by molar-refractivity contribution is 0.169. The lowest BCUT2D eigenvalue weighted by atomic mass is 9.79. The van der Waals surface area contributed by atoms with Gasteiger partial charge in [0.25, 0.3) is 0 Å². The highest BCUT2D eigenvalue weighted by molar-refractivity contribution is 9.10. The van der Waals surface area contributed by atoms with Crippen LogP contribution in [0.4, 0.5) is 0 Å². The van der Waals surface area contributed by atoms with Crippen molar-refractivity contribution in [2.75, 3.05) is 13.1 Å². The van der Waals surface area contributed by atoms with E-state index < -0.39 is 10.0 Å². The molecule has 0 bridgehead atoms. The first-order chi connectivity index (χ1) is 9.82. The van der Waals surface area contributed by atoms with Gasteiger partial charge < -0.3 is 5.73 Å². The van der Waals surface area contributed by atoms with E-state index in [1.807, 2.05) is 0 Å². The average molecular weight is 375 g/mol. The van der Waals surface area contributed by atoms with E-state index in [0.717, 1.165) is 24.8 Å². The van der Waals surface area contributed by atoms with Gasteiger partial charge in [-0.25, -0.2) is 8.42 Å². The van der Waals surface area contributed by atoms with E-state index in [1.54, 1.807) is 22.5 Å². The van der Waals surface area contributed by atoms with E-state index in [4.69, 9.17) is 5.73 Å². The molecule has 1 aliphatic rings. The molecule has 0 radical (unpaired) electrons. The molecule has 2 N–H and O–H groups in total. The highest BCUT2D eigenvalue weighted by atomic mass is 79.9. The van der Waals surface area contributed by atoms with Crippen molar-refractivity contribution in [2.24, 2.45) is 11.1 Å². The van der Waals surface area contributed by atoms with E-state index in [-0.39, 0.29) is 5.41 Å². The summed E-state index contributed by atoms with van der Waals surface area (Å²) in [6, 6.07) is 5.21. The molecule has 118 valence electrons. The van der Waals surface area contributed by atoms with Crippen molar-refractivity contribution in [3.8, 4) is 0 Å². The number of nitrogens with zero attached hydrogens (tertiary/aromatic N) is 1. The minimum atomic E-state index is -3.43. The zero-order valence-corrected chi connectivity index (χ0v) is 15.0. The first-order valence-corrected chi connectivity index (χ1v) is 9.54. The maximum absolute atomic E-state index is 12.8. The number of benzene rings is 1. The van der Waals surface area contributed by atoms with Crippen molar-refractivity contribution >= 4 is 26.0 Å². The lowest BCUT2D eigenvalue weighted by Gasteiger charge is -2.38. The molecule has 1 heterocycles. The molecule has 0 spiro atoms. The van der Waals surface area contributed by atoms with Crippen molar-refractivity contribution < 1.29 is 8.42 Å². The van der Waals surface area contributed by atoms with Gasteiger partial charge in [-0.1, -0.05) is 26.3 Å². The number of hydrogen-bond donors (Lipinski definition) is 1. The highest BCUT2D eigenvalue weighted by Crippen LogP contribution is 2.36. The molecule has 4 nitrogen and oxygen atoms in total. The van der Waals surface area contributed by atoms with Gasteiger partial charge in [-0.3, -0.25) is 0 Å². The predicted molar refractivity (Wildman–Crippen MR) is 88.4 cm³/mol. The molecule has 0 aromatic heterocycles. The van der Waals surface area contributed by atoms with E-state index >= 15 is 0 Å². The fourth-order valence-corrected chi connectivity index (χ4v) is 5.17. The van der Waals surface area contributed by atoms with Crippen LogP contribution in [0.15, 0.2) is 27.6 Å². The topological polar surface area (TPSA) is 63.4 Å². The summed E-state index contributed by atoms with van der Waals surface area (Å²) in [5.74, 6) is 0. The Labute approximate surface area is 135 Å². The standard InChI is InChI=1S/C15H23BrN2O2S/c1-3-15(2)6-8-18(9-7-15)21(19,20)14-5-4-12(11-17)10-13(14)16/h4-5,10H,3,6-9,11,17H2,1-2H3. The molecular weight excluding hydrogens is 352 g/mol. The lowest BCUT2D eigenvalue weighted by Crippen LogP contribution is -2.41. The zero-order valence-electron chi connectivity index (χ0n) is 12.6. The van der Waals surface area contributed by atoms with Crippen LogP contribution < -0.4 is 5.73 Å². The van der Waals surface area contributed by atoms with Gasteiger partial charge in [-0.2, -0.15) is 4.31 Å². The van der Waals surface area contributed by atoms with Gasteiger partial charge in [0, 0.05) is 24.1 Å². The number of rotatable bonds is 4. The first kappa shape index (κ1) is 16.9. The molecule has 0 aliphatic carbocycles. The van der Waals surface area contributed by atoms with Gasteiger partial charge in [0.15, 0.2) is 0 Å². The summed E-state index contributed by atoms with van der Waals surface area (Å²) in [7, 11) is -3.43. The molecule has 0 saturated carbocycles. The summed E-state index contributed by atoms with van der Waals surface area (Å²) in [6.45, 7) is 6.00. The van der Waals surface area contributed by atoms with Crippen LogP contribution in [0.1, 0.15) is 38.7 Å². The Kier molecular flexibility index (Phi) is 5.13. The van der Waals surface area contributed by atoms with E-state index in [2.05, 4.69) is 29.8 Å². The third-order valence-corrected chi connectivity index (χ3v) is 7.51. The average Bonchev–Trinajstić information content (AvgIpc) is 2.47. The molecule has 1 aliphatic heterocycles. The minimum Gasteiger partial charge on any atom is -0.326 e. The van der Waals surface area contributed by atoms with Crippen LogP contribution in [-0.2, 0) is 16.6 Å². The van der Waals surface area contributed by atoms with E-state index in [1.165, 1.54) is 0 Å². The number of hydrogen-bond acceptors (Lipinski definition) is 3. The van der Waals surface area contributed by atoms with Crippen molar-refractivity contribution in [3.63, 3.8) is 0 Å². The van der Waals surface area contributed by atoms with Gasteiger partial charge in [-0.15, -0.1) is 0 Å². The van der Waals surface area contributed by atoms with E-state index in [9.17, 15) is 8.42 Å². The van der Waals surface area contributed by atoms with Gasteiger partial charge >= 0.3 is 0 Å². The maximum atomic E-state index is 12.8. The van der Waals surface area contributed by atoms with Gasteiger partial charge in [0.2, 0.25) is 10.0 Å². The Morgan fingerprint density at radius 1 is 1.33 bits per heavy atom. The van der Waals surface area contributed by atoms with Crippen LogP contribution in [0.2, 0.25) is 0 Å². The Bertz CT molecular complexity index is 608. The maximum Gasteiger partial charge on any atom is 0.244 e. The highest BCUT2D eigenvalue weighted by Gasteiger charge is 2.35. The van der Waals surface area contributed by atoms with E-state index in [0.29, 0.717) is 29.0 Å². The smallest absolute Gasteiger partial charge is 0.244 e. The van der Waals surface area contributed by atoms with Gasteiger partial charge in [0.05, 0.1) is 4.90 Å². The second-order valence-electron chi connectivity index (χ2n) is 6.04. The number of sulfonamides is 1. The zero-order chi connectivity index (χ0) is 15.7. The summed E-state index contributed by atoms with van der Waals surface area (Å²) >= 11 is 3.37. The van der Waals surface area contributed by atoms with Crippen LogP contribution >= 0.6 is 15.9 Å². The molecule has 1 aromatic carbocycles.